The Balaban J connectivity index is 2.58. The Kier molecular flexibility index (Phi) is 4.44. The van der Waals surface area contributed by atoms with Crippen molar-refractivity contribution in [2.45, 2.75) is 0 Å². The number of pyridine rings is 1. The average molecular weight is 351 g/mol. The van der Waals surface area contributed by atoms with E-state index in [0.717, 1.165) is 29.2 Å². The van der Waals surface area contributed by atoms with E-state index in [1.54, 1.807) is 0 Å². The molecule has 0 spiro atoms. The van der Waals surface area contributed by atoms with Crippen LogP contribution in [0, 0.1) is 40.5 Å². The smallest absolute Gasteiger partial charge is 0.258 e. The van der Waals surface area contributed by atoms with Crippen molar-refractivity contribution < 1.29 is 24.4 Å². The highest BCUT2D eigenvalue weighted by atomic mass is 16.6. The lowest BCUT2D eigenvalue weighted by Gasteiger charge is -2.03. The Bertz CT molecular complexity index is 861. The number of non-ortho nitro benzene ring substituents is 1. The summed E-state index contributed by atoms with van der Waals surface area (Å²) in [4.78, 5) is 39.9. The van der Waals surface area contributed by atoms with E-state index in [1.807, 2.05) is 0 Å². The lowest BCUT2D eigenvalue weighted by atomic mass is 10.2. The lowest BCUT2D eigenvalue weighted by molar-refractivity contribution is -0.644. The van der Waals surface area contributed by atoms with Crippen molar-refractivity contribution in [1.29, 1.82) is 0 Å². The molecule has 0 unspecified atom stereocenters. The van der Waals surface area contributed by atoms with Crippen LogP contribution in [0.5, 0.6) is 0 Å². The second kappa shape index (κ2) is 6.49. The maximum atomic E-state index is 11.1. The maximum absolute atomic E-state index is 11.1. The Morgan fingerprint density at radius 1 is 0.720 bits per heavy atom. The SMILES string of the molecule is O=[N+]([O-])c1cc[n+](Nc2c([N+](=O)[O-])cc([N+](=O)[O-])cc2[N+](=O)[O-])cc1. The largest absolute Gasteiger partial charge is 0.312 e. The highest BCUT2D eigenvalue weighted by Crippen LogP contribution is 2.37. The molecule has 2 rings (SSSR count). The third kappa shape index (κ3) is 3.58. The van der Waals surface area contributed by atoms with Gasteiger partial charge in [0.05, 0.1) is 44.0 Å². The molecular weight excluding hydrogens is 344 g/mol. The van der Waals surface area contributed by atoms with Crippen molar-refractivity contribution in [3.63, 3.8) is 0 Å². The van der Waals surface area contributed by atoms with Crippen LogP contribution in [0.25, 0.3) is 0 Å². The topological polar surface area (TPSA) is 188 Å². The van der Waals surface area contributed by atoms with Gasteiger partial charge in [-0.3, -0.25) is 40.5 Å². The van der Waals surface area contributed by atoms with Gasteiger partial charge in [0.25, 0.3) is 17.1 Å². The van der Waals surface area contributed by atoms with Gasteiger partial charge in [-0.25, -0.2) is 0 Å². The van der Waals surface area contributed by atoms with Crippen molar-refractivity contribution in [2.75, 3.05) is 5.43 Å². The zero-order chi connectivity index (χ0) is 18.7. The fourth-order valence-corrected chi connectivity index (χ4v) is 1.85. The Morgan fingerprint density at radius 2 is 1.16 bits per heavy atom. The number of rotatable bonds is 6. The normalized spacial score (nSPS) is 10.1. The van der Waals surface area contributed by atoms with Gasteiger partial charge in [-0.2, -0.15) is 0 Å². The molecule has 25 heavy (non-hydrogen) atoms. The zero-order valence-corrected chi connectivity index (χ0v) is 12.0. The van der Waals surface area contributed by atoms with Crippen LogP contribution in [0.2, 0.25) is 0 Å². The summed E-state index contributed by atoms with van der Waals surface area (Å²) >= 11 is 0. The van der Waals surface area contributed by atoms with Crippen LogP contribution in [0.1, 0.15) is 0 Å². The summed E-state index contributed by atoms with van der Waals surface area (Å²) < 4.78 is 0.994. The number of hydrogen-bond donors (Lipinski definition) is 1. The maximum Gasteiger partial charge on any atom is 0.312 e. The van der Waals surface area contributed by atoms with Gasteiger partial charge >= 0.3 is 11.4 Å². The molecule has 14 heteroatoms. The van der Waals surface area contributed by atoms with Gasteiger partial charge in [0, 0.05) is 0 Å². The van der Waals surface area contributed by atoms with Crippen LogP contribution in [0.15, 0.2) is 36.7 Å². The monoisotopic (exact) mass is 351 g/mol. The number of hydrogen-bond acceptors (Lipinski definition) is 9. The molecule has 0 atom stereocenters. The van der Waals surface area contributed by atoms with Crippen LogP contribution < -0.4 is 10.1 Å². The summed E-state index contributed by atoms with van der Waals surface area (Å²) in [6, 6.07) is 3.24. The van der Waals surface area contributed by atoms with Crippen molar-refractivity contribution in [3.8, 4) is 0 Å². The first-order valence-corrected chi connectivity index (χ1v) is 6.24. The summed E-state index contributed by atoms with van der Waals surface area (Å²) in [7, 11) is 0. The molecule has 14 nitrogen and oxygen atoms in total. The predicted octanol–water partition coefficient (Wildman–Crippen LogP) is 1.48. The molecule has 1 aromatic heterocycles. The molecule has 0 saturated heterocycles. The van der Waals surface area contributed by atoms with E-state index >= 15 is 0 Å². The van der Waals surface area contributed by atoms with Gasteiger partial charge < -0.3 is 0 Å². The zero-order valence-electron chi connectivity index (χ0n) is 12.0. The number of nitrogens with one attached hydrogen (secondary N) is 1. The van der Waals surface area contributed by atoms with E-state index in [0.29, 0.717) is 12.1 Å². The van der Waals surface area contributed by atoms with E-state index in [4.69, 9.17) is 0 Å². The molecule has 0 bridgehead atoms. The minimum absolute atomic E-state index is 0.272. The molecule has 1 N–H and O–H groups in total. The molecule has 0 radical (unpaired) electrons. The van der Waals surface area contributed by atoms with Gasteiger partial charge in [-0.05, 0) is 0 Å². The van der Waals surface area contributed by atoms with Gasteiger partial charge in [0.2, 0.25) is 12.4 Å². The molecule has 0 saturated carbocycles. The van der Waals surface area contributed by atoms with Crippen molar-refractivity contribution in [3.05, 3.63) is 77.1 Å². The summed E-state index contributed by atoms with van der Waals surface area (Å²) in [6.07, 6.45) is 2.21. The van der Waals surface area contributed by atoms with Crippen molar-refractivity contribution >= 4 is 28.4 Å². The fraction of sp³-hybridized carbons (Fsp3) is 0. The third-order valence-electron chi connectivity index (χ3n) is 2.95. The molecule has 1 heterocycles. The van der Waals surface area contributed by atoms with Gasteiger partial charge in [-0.15, -0.1) is 5.43 Å². The highest BCUT2D eigenvalue weighted by Gasteiger charge is 2.33. The number of nitro groups is 4. The van der Waals surface area contributed by atoms with Crippen LogP contribution in [-0.4, -0.2) is 19.7 Å². The number of benzene rings is 1. The first kappa shape index (κ1) is 17.1. The molecule has 0 aliphatic carbocycles. The lowest BCUT2D eigenvalue weighted by Crippen LogP contribution is -2.41. The number of aromatic nitrogens is 1. The summed E-state index contributed by atoms with van der Waals surface area (Å²) in [5.41, 5.74) is -1.17. The minimum atomic E-state index is -1.02. The minimum Gasteiger partial charge on any atom is -0.258 e. The van der Waals surface area contributed by atoms with Crippen LogP contribution >= 0.6 is 0 Å². The van der Waals surface area contributed by atoms with E-state index in [-0.39, 0.29) is 5.69 Å². The van der Waals surface area contributed by atoms with E-state index in [9.17, 15) is 40.5 Å². The quantitative estimate of drug-likeness (QED) is 0.456. The van der Waals surface area contributed by atoms with Gasteiger partial charge in [0.15, 0.2) is 0 Å². The van der Waals surface area contributed by atoms with E-state index < -0.39 is 42.4 Å². The molecule has 0 amide bonds. The standard InChI is InChI=1S/C11H7N6O8/c18-14(19)7-1-3-13(4-2-7)12-11-9(16(22)23)5-8(15(20)21)6-10(11)17(24)25/h1-6,12H/q+1. The second-order valence-corrected chi connectivity index (χ2v) is 4.46. The predicted molar refractivity (Wildman–Crippen MR) is 78.7 cm³/mol. The molecule has 0 fully saturated rings. The number of anilines is 1. The Labute approximate surface area is 136 Å². The van der Waals surface area contributed by atoms with E-state index in [2.05, 4.69) is 5.43 Å². The highest BCUT2D eigenvalue weighted by molar-refractivity contribution is 5.76. The molecule has 0 aliphatic heterocycles. The first-order chi connectivity index (χ1) is 11.7. The third-order valence-corrected chi connectivity index (χ3v) is 2.95. The second-order valence-electron chi connectivity index (χ2n) is 4.46. The van der Waals surface area contributed by atoms with Crippen LogP contribution in [0.3, 0.4) is 0 Å². The molecule has 128 valence electrons. The molecule has 2 aromatic rings. The number of nitro benzene ring substituents is 3. The Hall–Kier alpha value is -4.23. The fourth-order valence-electron chi connectivity index (χ4n) is 1.85. The average Bonchev–Trinajstić information content (AvgIpc) is 2.54. The van der Waals surface area contributed by atoms with Gasteiger partial charge in [-0.1, -0.05) is 4.68 Å². The summed E-state index contributed by atoms with van der Waals surface area (Å²) in [5.74, 6) is 0. The Morgan fingerprint density at radius 3 is 1.52 bits per heavy atom. The van der Waals surface area contributed by atoms with Crippen LogP contribution in [-0.2, 0) is 0 Å². The van der Waals surface area contributed by atoms with E-state index in [1.165, 1.54) is 0 Å². The van der Waals surface area contributed by atoms with Gasteiger partial charge in [0.1, 0.15) is 0 Å². The first-order valence-electron chi connectivity index (χ1n) is 6.24. The number of nitrogens with zero attached hydrogens (tertiary/aromatic N) is 5. The summed E-state index contributed by atoms with van der Waals surface area (Å²) in [6.45, 7) is 0. The van der Waals surface area contributed by atoms with Crippen molar-refractivity contribution in [2.24, 2.45) is 0 Å². The molecule has 0 aliphatic rings. The molecule has 1 aromatic carbocycles. The van der Waals surface area contributed by atoms with Crippen molar-refractivity contribution in [1.82, 2.24) is 0 Å². The molecular formula is C11H7N6O8+. The van der Waals surface area contributed by atoms with Crippen LogP contribution in [0.4, 0.5) is 28.4 Å². The summed E-state index contributed by atoms with van der Waals surface area (Å²) in [5, 5.41) is 43.6.